The zero-order valence-corrected chi connectivity index (χ0v) is 12.9. The first-order valence-electron chi connectivity index (χ1n) is 6.82. The second kappa shape index (κ2) is 8.46. The van der Waals surface area contributed by atoms with E-state index < -0.39 is 0 Å². The average molecular weight is 283 g/mol. The minimum Gasteiger partial charge on any atom is -0.494 e. The molecule has 0 aliphatic carbocycles. The normalized spacial score (nSPS) is 14.2. The first-order chi connectivity index (χ1) is 9.08. The van der Waals surface area contributed by atoms with Crippen molar-refractivity contribution in [3.05, 3.63) is 29.3 Å². The van der Waals surface area contributed by atoms with Crippen LogP contribution in [-0.4, -0.2) is 23.6 Å². The highest BCUT2D eigenvalue weighted by molar-refractivity contribution is 7.99. The van der Waals surface area contributed by atoms with Crippen molar-refractivity contribution in [3.63, 3.8) is 0 Å². The van der Waals surface area contributed by atoms with Crippen LogP contribution in [0.2, 0.25) is 0 Å². The molecule has 0 aromatic heterocycles. The lowest BCUT2D eigenvalue weighted by Gasteiger charge is -2.15. The molecule has 2 unspecified atom stereocenters. The molecule has 0 aliphatic rings. The molecule has 1 rings (SSSR count). The summed E-state index contributed by atoms with van der Waals surface area (Å²) >= 11 is 1.83. The van der Waals surface area contributed by atoms with Crippen LogP contribution in [0.5, 0.6) is 5.75 Å². The van der Waals surface area contributed by atoms with Crippen LogP contribution in [0.1, 0.15) is 44.4 Å². The number of ether oxygens (including phenoxy) is 1. The van der Waals surface area contributed by atoms with Crippen LogP contribution in [0.15, 0.2) is 18.2 Å². The van der Waals surface area contributed by atoms with Gasteiger partial charge in [0.05, 0.1) is 6.61 Å². The molecule has 0 fully saturated rings. The number of benzene rings is 1. The second-order valence-corrected chi connectivity index (χ2v) is 6.15. The predicted molar refractivity (Wildman–Crippen MR) is 82.7 cm³/mol. The summed E-state index contributed by atoms with van der Waals surface area (Å²) in [5, 5.41) is 9.38. The molecular weight excluding hydrogens is 258 g/mol. The van der Waals surface area contributed by atoms with E-state index in [9.17, 15) is 0 Å². The Bertz CT molecular complexity index is 382. The highest BCUT2D eigenvalue weighted by Crippen LogP contribution is 2.29. The van der Waals surface area contributed by atoms with Crippen molar-refractivity contribution in [1.82, 2.24) is 0 Å². The third kappa shape index (κ3) is 5.43. The van der Waals surface area contributed by atoms with Gasteiger partial charge in [0.15, 0.2) is 0 Å². The highest BCUT2D eigenvalue weighted by Gasteiger charge is 2.10. The molecule has 3 nitrogen and oxygen atoms in total. The Balaban J connectivity index is 2.78. The minimum atomic E-state index is 0.0364. The Morgan fingerprint density at radius 3 is 2.68 bits per heavy atom. The molecule has 0 spiro atoms. The van der Waals surface area contributed by atoms with Crippen molar-refractivity contribution in [1.29, 1.82) is 0 Å². The van der Waals surface area contributed by atoms with Gasteiger partial charge < -0.3 is 15.6 Å². The number of aliphatic hydroxyl groups excluding tert-OH is 1. The first-order valence-corrected chi connectivity index (χ1v) is 7.87. The maximum absolute atomic E-state index is 8.94. The molecule has 0 bridgehead atoms. The Morgan fingerprint density at radius 2 is 2.11 bits per heavy atom. The van der Waals surface area contributed by atoms with Crippen LogP contribution in [0, 0.1) is 0 Å². The van der Waals surface area contributed by atoms with Crippen molar-refractivity contribution in [3.8, 4) is 5.75 Å². The van der Waals surface area contributed by atoms with Crippen LogP contribution < -0.4 is 10.5 Å². The molecule has 108 valence electrons. The molecule has 0 saturated carbocycles. The van der Waals surface area contributed by atoms with Crippen molar-refractivity contribution >= 4 is 11.8 Å². The molecule has 2 atom stereocenters. The van der Waals surface area contributed by atoms with Crippen molar-refractivity contribution < 1.29 is 9.84 Å². The number of hydrogen-bond donors (Lipinski definition) is 2. The third-order valence-electron chi connectivity index (χ3n) is 2.97. The van der Waals surface area contributed by atoms with E-state index in [1.807, 2.05) is 37.7 Å². The van der Waals surface area contributed by atoms with Crippen molar-refractivity contribution in [2.45, 2.75) is 44.2 Å². The van der Waals surface area contributed by atoms with Gasteiger partial charge in [-0.15, -0.1) is 0 Å². The van der Waals surface area contributed by atoms with Crippen LogP contribution >= 0.6 is 11.8 Å². The molecule has 0 aliphatic heterocycles. The molecule has 0 heterocycles. The van der Waals surface area contributed by atoms with E-state index in [0.717, 1.165) is 23.5 Å². The number of thioether (sulfide) groups is 1. The second-order valence-electron chi connectivity index (χ2n) is 4.72. The maximum Gasteiger partial charge on any atom is 0.123 e. The van der Waals surface area contributed by atoms with Gasteiger partial charge in [0.25, 0.3) is 0 Å². The van der Waals surface area contributed by atoms with Gasteiger partial charge in [-0.3, -0.25) is 0 Å². The summed E-state index contributed by atoms with van der Waals surface area (Å²) in [7, 11) is 0. The molecule has 19 heavy (non-hydrogen) atoms. The van der Waals surface area contributed by atoms with E-state index in [2.05, 4.69) is 13.0 Å². The smallest absolute Gasteiger partial charge is 0.123 e. The van der Waals surface area contributed by atoms with Gasteiger partial charge in [0.1, 0.15) is 5.75 Å². The molecule has 0 amide bonds. The fourth-order valence-electron chi connectivity index (χ4n) is 1.79. The fourth-order valence-corrected chi connectivity index (χ4v) is 2.75. The molecule has 0 saturated heterocycles. The molecular formula is C15H25NO2S. The molecule has 0 radical (unpaired) electrons. The van der Waals surface area contributed by atoms with Crippen molar-refractivity contribution in [2.24, 2.45) is 5.73 Å². The Morgan fingerprint density at radius 1 is 1.37 bits per heavy atom. The van der Waals surface area contributed by atoms with E-state index in [0.29, 0.717) is 11.9 Å². The van der Waals surface area contributed by atoms with Crippen LogP contribution in [0.25, 0.3) is 0 Å². The van der Waals surface area contributed by atoms with Crippen LogP contribution in [0.3, 0.4) is 0 Å². The van der Waals surface area contributed by atoms with Gasteiger partial charge in [-0.2, -0.15) is 11.8 Å². The van der Waals surface area contributed by atoms with Crippen LogP contribution in [-0.2, 0) is 5.75 Å². The minimum absolute atomic E-state index is 0.0364. The highest BCUT2D eigenvalue weighted by atomic mass is 32.2. The largest absolute Gasteiger partial charge is 0.494 e. The molecule has 1 aromatic rings. The average Bonchev–Trinajstić information content (AvgIpc) is 2.38. The molecule has 3 N–H and O–H groups in total. The van der Waals surface area contributed by atoms with Gasteiger partial charge in [-0.05, 0) is 38.0 Å². The number of hydrogen-bond acceptors (Lipinski definition) is 4. The summed E-state index contributed by atoms with van der Waals surface area (Å²) < 4.78 is 5.66. The lowest BCUT2D eigenvalue weighted by atomic mass is 10.1. The topological polar surface area (TPSA) is 55.5 Å². The maximum atomic E-state index is 8.94. The summed E-state index contributed by atoms with van der Waals surface area (Å²) in [6.45, 7) is 7.02. The van der Waals surface area contributed by atoms with E-state index in [1.165, 1.54) is 5.56 Å². The standard InChI is InChI=1S/C15H25NO2S/c1-4-18-15-6-5-13(12(3)16)9-14(15)10-19-11(2)7-8-17/h5-6,9,11-12,17H,4,7-8,10,16H2,1-3H3. The van der Waals surface area contributed by atoms with Crippen LogP contribution in [0.4, 0.5) is 0 Å². The summed E-state index contributed by atoms with van der Waals surface area (Å²) in [4.78, 5) is 0. The zero-order valence-electron chi connectivity index (χ0n) is 12.1. The van der Waals surface area contributed by atoms with E-state index in [4.69, 9.17) is 15.6 Å². The van der Waals surface area contributed by atoms with E-state index in [-0.39, 0.29) is 12.6 Å². The van der Waals surface area contributed by atoms with Gasteiger partial charge in [0.2, 0.25) is 0 Å². The Kier molecular flexibility index (Phi) is 7.28. The number of aliphatic hydroxyl groups is 1. The molecule has 1 aromatic carbocycles. The Labute approximate surface area is 120 Å². The van der Waals surface area contributed by atoms with Gasteiger partial charge in [-0.1, -0.05) is 13.0 Å². The summed E-state index contributed by atoms with van der Waals surface area (Å²) in [6, 6.07) is 6.21. The van der Waals surface area contributed by atoms with E-state index >= 15 is 0 Å². The van der Waals surface area contributed by atoms with Gasteiger partial charge >= 0.3 is 0 Å². The quantitative estimate of drug-likeness (QED) is 0.769. The van der Waals surface area contributed by atoms with Gasteiger partial charge in [0, 0.05) is 29.2 Å². The number of rotatable bonds is 8. The third-order valence-corrected chi connectivity index (χ3v) is 4.25. The fraction of sp³-hybridized carbons (Fsp3) is 0.600. The molecule has 4 heteroatoms. The summed E-state index contributed by atoms with van der Waals surface area (Å²) in [6.07, 6.45) is 0.821. The Hall–Kier alpha value is -0.710. The van der Waals surface area contributed by atoms with Gasteiger partial charge in [-0.25, -0.2) is 0 Å². The van der Waals surface area contributed by atoms with Crippen molar-refractivity contribution in [2.75, 3.05) is 13.2 Å². The monoisotopic (exact) mass is 283 g/mol. The first kappa shape index (κ1) is 16.3. The predicted octanol–water partition coefficient (Wildman–Crippen LogP) is 3.11. The SMILES string of the molecule is CCOc1ccc(C(C)N)cc1CSC(C)CCO. The lowest BCUT2D eigenvalue weighted by Crippen LogP contribution is -2.07. The number of nitrogens with two attached hydrogens (primary N) is 1. The summed E-state index contributed by atoms with van der Waals surface area (Å²) in [5.74, 6) is 1.83. The lowest BCUT2D eigenvalue weighted by molar-refractivity contribution is 0.289. The van der Waals surface area contributed by atoms with E-state index in [1.54, 1.807) is 0 Å². The zero-order chi connectivity index (χ0) is 14.3. The summed E-state index contributed by atoms with van der Waals surface area (Å²) in [5.41, 5.74) is 8.25.